The predicted molar refractivity (Wildman–Crippen MR) is 57.7 cm³/mol. The zero-order valence-electron chi connectivity index (χ0n) is 8.85. The fraction of sp³-hybridized carbons (Fsp3) is 0.200. The van der Waals surface area contributed by atoms with Crippen molar-refractivity contribution in [2.24, 2.45) is 5.10 Å². The fourth-order valence-electron chi connectivity index (χ4n) is 0.962. The third-order valence-electron chi connectivity index (χ3n) is 1.71. The van der Waals surface area contributed by atoms with Gasteiger partial charge in [-0.05, 0) is 26.0 Å². The van der Waals surface area contributed by atoms with Crippen LogP contribution in [0.2, 0.25) is 0 Å². The first-order chi connectivity index (χ1) is 7.41. The second-order valence-electron chi connectivity index (χ2n) is 3.36. The lowest BCUT2D eigenvalue weighted by molar-refractivity contribution is 0.0954. The molecule has 0 atom stereocenters. The topological polar surface area (TPSA) is 102 Å². The highest BCUT2D eigenvalue weighted by molar-refractivity contribution is 5.96. The van der Waals surface area contributed by atoms with Gasteiger partial charge in [-0.25, -0.2) is 5.43 Å². The van der Waals surface area contributed by atoms with E-state index >= 15 is 0 Å². The summed E-state index contributed by atoms with van der Waals surface area (Å²) in [4.78, 5) is 11.4. The van der Waals surface area contributed by atoms with Crippen LogP contribution >= 0.6 is 0 Å². The summed E-state index contributed by atoms with van der Waals surface area (Å²) in [5.41, 5.74) is 2.87. The van der Waals surface area contributed by atoms with Gasteiger partial charge in [0.1, 0.15) is 0 Å². The molecular weight excluding hydrogens is 212 g/mol. The van der Waals surface area contributed by atoms with Crippen LogP contribution in [0, 0.1) is 0 Å². The number of hydrogen-bond acceptors (Lipinski definition) is 5. The van der Waals surface area contributed by atoms with Gasteiger partial charge in [0, 0.05) is 11.3 Å². The standard InChI is InChI=1S/C10H12N2O4/c1-5(2)11-12-10(16)6-3-7(13)9(15)8(14)4-6/h3-4,13-15H,1-2H3,(H,12,16). The van der Waals surface area contributed by atoms with Crippen LogP contribution in [0.15, 0.2) is 17.2 Å². The van der Waals surface area contributed by atoms with Crippen LogP contribution in [0.1, 0.15) is 24.2 Å². The van der Waals surface area contributed by atoms with Crippen LogP contribution in [0.3, 0.4) is 0 Å². The van der Waals surface area contributed by atoms with Gasteiger partial charge in [0.2, 0.25) is 0 Å². The van der Waals surface area contributed by atoms with Crippen LogP contribution < -0.4 is 5.43 Å². The second-order valence-corrected chi connectivity index (χ2v) is 3.36. The highest BCUT2D eigenvalue weighted by Crippen LogP contribution is 2.35. The first-order valence-electron chi connectivity index (χ1n) is 4.48. The normalized spacial score (nSPS) is 9.62. The average molecular weight is 224 g/mol. The molecule has 86 valence electrons. The van der Waals surface area contributed by atoms with Crippen molar-refractivity contribution in [3.05, 3.63) is 17.7 Å². The van der Waals surface area contributed by atoms with Crippen molar-refractivity contribution >= 4 is 11.6 Å². The monoisotopic (exact) mass is 224 g/mol. The molecule has 0 saturated heterocycles. The van der Waals surface area contributed by atoms with E-state index in [0.717, 1.165) is 12.1 Å². The Bertz CT molecular complexity index is 427. The molecule has 0 unspecified atom stereocenters. The Hall–Kier alpha value is -2.24. The van der Waals surface area contributed by atoms with E-state index in [2.05, 4.69) is 10.5 Å². The van der Waals surface area contributed by atoms with Gasteiger partial charge in [0.05, 0.1) is 0 Å². The van der Waals surface area contributed by atoms with Crippen LogP contribution in [0.5, 0.6) is 17.2 Å². The number of carbonyl (C=O) groups is 1. The summed E-state index contributed by atoms with van der Waals surface area (Å²) < 4.78 is 0. The smallest absolute Gasteiger partial charge is 0.271 e. The van der Waals surface area contributed by atoms with Gasteiger partial charge in [0.15, 0.2) is 17.2 Å². The number of rotatable bonds is 2. The number of hydrogen-bond donors (Lipinski definition) is 4. The Kier molecular flexibility index (Phi) is 3.34. The van der Waals surface area contributed by atoms with Crippen molar-refractivity contribution in [2.75, 3.05) is 0 Å². The van der Waals surface area contributed by atoms with E-state index in [0.29, 0.717) is 5.71 Å². The number of hydrazone groups is 1. The maximum absolute atomic E-state index is 11.4. The van der Waals surface area contributed by atoms with Crippen LogP contribution in [-0.4, -0.2) is 26.9 Å². The van der Waals surface area contributed by atoms with E-state index < -0.39 is 23.2 Å². The van der Waals surface area contributed by atoms with Gasteiger partial charge in [-0.15, -0.1) is 0 Å². The Morgan fingerprint density at radius 2 is 1.69 bits per heavy atom. The van der Waals surface area contributed by atoms with Crippen molar-refractivity contribution < 1.29 is 20.1 Å². The third-order valence-corrected chi connectivity index (χ3v) is 1.71. The Morgan fingerprint density at radius 1 is 1.19 bits per heavy atom. The van der Waals surface area contributed by atoms with Crippen LogP contribution in [0.25, 0.3) is 0 Å². The SMILES string of the molecule is CC(C)=NNC(=O)c1cc(O)c(O)c(O)c1. The first-order valence-corrected chi connectivity index (χ1v) is 4.48. The number of phenolic OH excluding ortho intramolecular Hbond substituents is 3. The molecule has 0 heterocycles. The lowest BCUT2D eigenvalue weighted by Gasteiger charge is -2.04. The zero-order valence-corrected chi connectivity index (χ0v) is 8.85. The molecule has 4 N–H and O–H groups in total. The Labute approximate surface area is 91.9 Å². The number of aromatic hydroxyl groups is 3. The highest BCUT2D eigenvalue weighted by atomic mass is 16.3. The van der Waals surface area contributed by atoms with Crippen molar-refractivity contribution in [1.82, 2.24) is 5.43 Å². The van der Waals surface area contributed by atoms with Crippen molar-refractivity contribution in [3.63, 3.8) is 0 Å². The summed E-state index contributed by atoms with van der Waals surface area (Å²) in [7, 11) is 0. The van der Waals surface area contributed by atoms with Gasteiger partial charge in [-0.3, -0.25) is 4.79 Å². The quantitative estimate of drug-likeness (QED) is 0.341. The van der Waals surface area contributed by atoms with E-state index in [1.165, 1.54) is 0 Å². The molecule has 0 aromatic heterocycles. The van der Waals surface area contributed by atoms with Gasteiger partial charge in [0.25, 0.3) is 5.91 Å². The number of amides is 1. The molecule has 6 nitrogen and oxygen atoms in total. The Morgan fingerprint density at radius 3 is 2.12 bits per heavy atom. The highest BCUT2D eigenvalue weighted by Gasteiger charge is 2.12. The summed E-state index contributed by atoms with van der Waals surface area (Å²) in [5, 5.41) is 31.1. The summed E-state index contributed by atoms with van der Waals surface area (Å²) in [5.74, 6) is -2.39. The van der Waals surface area contributed by atoms with Gasteiger partial charge >= 0.3 is 0 Å². The van der Waals surface area contributed by atoms with E-state index in [4.69, 9.17) is 5.11 Å². The van der Waals surface area contributed by atoms with Gasteiger partial charge in [-0.1, -0.05) is 0 Å². The summed E-state index contributed by atoms with van der Waals surface area (Å²) in [6.07, 6.45) is 0. The molecule has 0 radical (unpaired) electrons. The maximum Gasteiger partial charge on any atom is 0.271 e. The molecule has 0 saturated carbocycles. The summed E-state index contributed by atoms with van der Waals surface area (Å²) >= 11 is 0. The molecule has 0 fully saturated rings. The molecule has 0 aliphatic carbocycles. The van der Waals surface area contributed by atoms with Gasteiger partial charge in [-0.2, -0.15) is 5.10 Å². The minimum Gasteiger partial charge on any atom is -0.504 e. The minimum absolute atomic E-state index is 0.00204. The maximum atomic E-state index is 11.4. The van der Waals surface area contributed by atoms with E-state index in [1.807, 2.05) is 0 Å². The lowest BCUT2D eigenvalue weighted by atomic mass is 10.2. The Balaban J connectivity index is 2.97. The lowest BCUT2D eigenvalue weighted by Crippen LogP contribution is -2.18. The van der Waals surface area contributed by atoms with E-state index in [-0.39, 0.29) is 5.56 Å². The van der Waals surface area contributed by atoms with Gasteiger partial charge < -0.3 is 15.3 Å². The molecule has 6 heteroatoms. The molecule has 1 rings (SSSR count). The number of carbonyl (C=O) groups excluding carboxylic acids is 1. The fourth-order valence-corrected chi connectivity index (χ4v) is 0.962. The zero-order chi connectivity index (χ0) is 12.3. The van der Waals surface area contributed by atoms with E-state index in [1.54, 1.807) is 13.8 Å². The minimum atomic E-state index is -0.660. The predicted octanol–water partition coefficient (Wildman–Crippen LogP) is 0.929. The largest absolute Gasteiger partial charge is 0.504 e. The number of phenols is 3. The van der Waals surface area contributed by atoms with E-state index in [9.17, 15) is 15.0 Å². The average Bonchev–Trinajstić information content (AvgIpc) is 2.21. The van der Waals surface area contributed by atoms with Crippen molar-refractivity contribution in [3.8, 4) is 17.2 Å². The summed E-state index contributed by atoms with van der Waals surface area (Å²) in [6.45, 7) is 3.40. The second kappa shape index (κ2) is 4.52. The molecular formula is C10H12N2O4. The third kappa shape index (κ3) is 2.63. The van der Waals surface area contributed by atoms with Crippen LogP contribution in [-0.2, 0) is 0 Å². The molecule has 1 amide bonds. The molecule has 0 aliphatic heterocycles. The molecule has 1 aromatic rings. The molecule has 0 bridgehead atoms. The first kappa shape index (κ1) is 11.8. The van der Waals surface area contributed by atoms with Crippen LogP contribution in [0.4, 0.5) is 0 Å². The molecule has 16 heavy (non-hydrogen) atoms. The molecule has 1 aromatic carbocycles. The molecule has 0 aliphatic rings. The van der Waals surface area contributed by atoms with Crippen molar-refractivity contribution in [1.29, 1.82) is 0 Å². The number of nitrogens with zero attached hydrogens (tertiary/aromatic N) is 1. The van der Waals surface area contributed by atoms with Crippen molar-refractivity contribution in [2.45, 2.75) is 13.8 Å². The molecule has 0 spiro atoms. The number of nitrogens with one attached hydrogen (secondary N) is 1. The summed E-state index contributed by atoms with van der Waals surface area (Å²) in [6, 6.07) is 2.07. The number of benzene rings is 1.